The Bertz CT molecular complexity index is 1230. The first-order valence-electron chi connectivity index (χ1n) is 11.6. The van der Waals surface area contributed by atoms with Gasteiger partial charge in [0.25, 0.3) is 0 Å². The standard InChI is InChI=1S/C25H32N4O3S2/c1-17-8-9-23(18(2)16-17)34(31,32)29-13-10-19(11-14-29)25(30)28-22(12-15-33-3)24-26-20-6-4-5-7-21(20)27-24/h4-9,16,19,22H,10-15H2,1-3H3,(H,26,27)(H,28,30). The quantitative estimate of drug-likeness (QED) is 0.484. The Balaban J connectivity index is 1.42. The van der Waals surface area contributed by atoms with E-state index in [1.54, 1.807) is 17.8 Å². The number of para-hydroxylation sites is 2. The molecule has 7 nitrogen and oxygen atoms in total. The van der Waals surface area contributed by atoms with E-state index in [-0.39, 0.29) is 17.9 Å². The zero-order chi connectivity index (χ0) is 24.3. The Hall–Kier alpha value is -2.36. The van der Waals surface area contributed by atoms with Crippen LogP contribution in [0.2, 0.25) is 0 Å². The SMILES string of the molecule is CSCCC(NC(=O)C1CCN(S(=O)(=O)c2ccc(C)cc2C)CC1)c1nc2ccccc2[nH]1. The van der Waals surface area contributed by atoms with Crippen LogP contribution in [0.4, 0.5) is 0 Å². The van der Waals surface area contributed by atoms with Gasteiger partial charge >= 0.3 is 0 Å². The van der Waals surface area contributed by atoms with Crippen molar-refractivity contribution in [1.29, 1.82) is 0 Å². The van der Waals surface area contributed by atoms with Crippen molar-refractivity contribution in [3.63, 3.8) is 0 Å². The van der Waals surface area contributed by atoms with Crippen LogP contribution in [0.15, 0.2) is 47.4 Å². The molecule has 1 aliphatic rings. The topological polar surface area (TPSA) is 95.2 Å². The average Bonchev–Trinajstić information content (AvgIpc) is 3.25. The molecule has 0 saturated carbocycles. The van der Waals surface area contributed by atoms with Crippen molar-refractivity contribution in [3.8, 4) is 0 Å². The van der Waals surface area contributed by atoms with E-state index in [1.807, 2.05) is 56.5 Å². The molecule has 0 radical (unpaired) electrons. The van der Waals surface area contributed by atoms with E-state index in [4.69, 9.17) is 0 Å². The lowest BCUT2D eigenvalue weighted by Crippen LogP contribution is -2.44. The lowest BCUT2D eigenvalue weighted by atomic mass is 9.96. The number of thioether (sulfide) groups is 1. The summed E-state index contributed by atoms with van der Waals surface area (Å²) in [5.74, 6) is 1.41. The van der Waals surface area contributed by atoms with Crippen molar-refractivity contribution in [2.45, 2.75) is 44.0 Å². The summed E-state index contributed by atoms with van der Waals surface area (Å²) in [4.78, 5) is 21.5. The van der Waals surface area contributed by atoms with E-state index in [1.165, 1.54) is 4.31 Å². The summed E-state index contributed by atoms with van der Waals surface area (Å²) in [6.45, 7) is 4.46. The summed E-state index contributed by atoms with van der Waals surface area (Å²) in [6, 6.07) is 13.0. The van der Waals surface area contributed by atoms with E-state index in [9.17, 15) is 13.2 Å². The van der Waals surface area contributed by atoms with E-state index in [0.717, 1.165) is 40.2 Å². The summed E-state index contributed by atoms with van der Waals surface area (Å²) < 4.78 is 27.9. The van der Waals surface area contributed by atoms with Crippen LogP contribution in [0.25, 0.3) is 11.0 Å². The predicted octanol–water partition coefficient (Wildman–Crippen LogP) is 4.19. The number of aromatic amines is 1. The highest BCUT2D eigenvalue weighted by molar-refractivity contribution is 7.98. The number of amides is 1. The molecule has 1 atom stereocenters. The number of imidazole rings is 1. The van der Waals surface area contributed by atoms with Crippen LogP contribution in [0.5, 0.6) is 0 Å². The summed E-state index contributed by atoms with van der Waals surface area (Å²) in [5, 5.41) is 3.19. The van der Waals surface area contributed by atoms with Crippen molar-refractivity contribution in [3.05, 3.63) is 59.4 Å². The summed E-state index contributed by atoms with van der Waals surface area (Å²) >= 11 is 1.73. The lowest BCUT2D eigenvalue weighted by molar-refractivity contribution is -0.127. The van der Waals surface area contributed by atoms with Gasteiger partial charge in [0.2, 0.25) is 15.9 Å². The second-order valence-corrected chi connectivity index (χ2v) is 11.8. The second kappa shape index (κ2) is 10.5. The van der Waals surface area contributed by atoms with Gasteiger partial charge in [0.1, 0.15) is 5.82 Å². The van der Waals surface area contributed by atoms with Crippen molar-refractivity contribution >= 4 is 38.7 Å². The molecule has 1 saturated heterocycles. The van der Waals surface area contributed by atoms with Crippen LogP contribution in [0, 0.1) is 19.8 Å². The van der Waals surface area contributed by atoms with Crippen molar-refractivity contribution < 1.29 is 13.2 Å². The summed E-state index contributed by atoms with van der Waals surface area (Å²) in [6.07, 6.45) is 3.83. The monoisotopic (exact) mass is 500 g/mol. The van der Waals surface area contributed by atoms with Gasteiger partial charge in [-0.3, -0.25) is 4.79 Å². The summed E-state index contributed by atoms with van der Waals surface area (Å²) in [5.41, 5.74) is 3.62. The molecule has 2 N–H and O–H groups in total. The third-order valence-corrected chi connectivity index (χ3v) is 9.14. The Morgan fingerprint density at radius 2 is 1.94 bits per heavy atom. The molecule has 34 heavy (non-hydrogen) atoms. The number of hydrogen-bond acceptors (Lipinski definition) is 5. The minimum atomic E-state index is -3.57. The van der Waals surface area contributed by atoms with Crippen molar-refractivity contribution in [1.82, 2.24) is 19.6 Å². The Kier molecular flexibility index (Phi) is 7.64. The minimum Gasteiger partial charge on any atom is -0.346 e. The maximum atomic E-state index is 13.2. The number of carbonyl (C=O) groups is 1. The average molecular weight is 501 g/mol. The number of carbonyl (C=O) groups excluding carboxylic acids is 1. The number of fused-ring (bicyclic) bond motifs is 1. The number of nitrogens with zero attached hydrogens (tertiary/aromatic N) is 2. The predicted molar refractivity (Wildman–Crippen MR) is 137 cm³/mol. The normalized spacial score (nSPS) is 16.6. The number of benzene rings is 2. The van der Waals surface area contributed by atoms with Crippen LogP contribution in [-0.4, -0.2) is 53.7 Å². The molecule has 182 valence electrons. The molecule has 1 fully saturated rings. The molecule has 9 heteroatoms. The number of H-pyrrole nitrogens is 1. The van der Waals surface area contributed by atoms with Gasteiger partial charge in [0, 0.05) is 19.0 Å². The number of hydrogen-bond donors (Lipinski definition) is 2. The number of aryl methyl sites for hydroxylation is 2. The molecular formula is C25H32N4O3S2. The highest BCUT2D eigenvalue weighted by Gasteiger charge is 2.33. The first-order chi connectivity index (χ1) is 16.3. The number of aromatic nitrogens is 2. The van der Waals surface area contributed by atoms with Gasteiger partial charge in [0.15, 0.2) is 0 Å². The molecule has 0 aliphatic carbocycles. The fourth-order valence-electron chi connectivity index (χ4n) is 4.53. The van der Waals surface area contributed by atoms with Crippen LogP contribution in [0.3, 0.4) is 0 Å². The van der Waals surface area contributed by atoms with Gasteiger partial charge in [-0.05, 0) is 68.9 Å². The van der Waals surface area contributed by atoms with E-state index in [2.05, 4.69) is 15.3 Å². The highest BCUT2D eigenvalue weighted by Crippen LogP contribution is 2.27. The molecular weight excluding hydrogens is 468 g/mol. The fraction of sp³-hybridized carbons (Fsp3) is 0.440. The molecule has 0 bridgehead atoms. The number of sulfonamides is 1. The minimum absolute atomic E-state index is 0.0323. The van der Waals surface area contributed by atoms with Gasteiger partial charge in [-0.2, -0.15) is 16.1 Å². The number of piperidine rings is 1. The number of nitrogens with one attached hydrogen (secondary N) is 2. The fourth-order valence-corrected chi connectivity index (χ4v) is 6.67. The zero-order valence-electron chi connectivity index (χ0n) is 19.9. The van der Waals surface area contributed by atoms with Crippen LogP contribution < -0.4 is 5.32 Å². The molecule has 1 unspecified atom stereocenters. The molecule has 1 amide bonds. The van der Waals surface area contributed by atoms with E-state index < -0.39 is 10.0 Å². The smallest absolute Gasteiger partial charge is 0.243 e. The van der Waals surface area contributed by atoms with Gasteiger partial charge in [-0.25, -0.2) is 13.4 Å². The van der Waals surface area contributed by atoms with E-state index >= 15 is 0 Å². The van der Waals surface area contributed by atoms with Gasteiger partial charge in [0.05, 0.1) is 22.0 Å². The molecule has 2 heterocycles. The molecule has 2 aromatic carbocycles. The maximum absolute atomic E-state index is 13.2. The van der Waals surface area contributed by atoms with Crippen molar-refractivity contribution in [2.75, 3.05) is 25.1 Å². The number of rotatable bonds is 8. The summed E-state index contributed by atoms with van der Waals surface area (Å²) in [7, 11) is -3.57. The first-order valence-corrected chi connectivity index (χ1v) is 14.4. The first kappa shape index (κ1) is 24.8. The third kappa shape index (κ3) is 5.31. The van der Waals surface area contributed by atoms with Gasteiger partial charge < -0.3 is 10.3 Å². The highest BCUT2D eigenvalue weighted by atomic mass is 32.2. The largest absolute Gasteiger partial charge is 0.346 e. The van der Waals surface area contributed by atoms with Crippen molar-refractivity contribution in [2.24, 2.45) is 5.92 Å². The molecule has 3 aromatic rings. The van der Waals surface area contributed by atoms with E-state index in [0.29, 0.717) is 30.8 Å². The Labute approximate surface area is 205 Å². The third-order valence-electron chi connectivity index (χ3n) is 6.44. The van der Waals surface area contributed by atoms with Gasteiger partial charge in [-0.1, -0.05) is 29.8 Å². The Morgan fingerprint density at radius 1 is 1.21 bits per heavy atom. The maximum Gasteiger partial charge on any atom is 0.243 e. The second-order valence-electron chi connectivity index (χ2n) is 8.93. The van der Waals surface area contributed by atoms with Crippen LogP contribution in [0.1, 0.15) is 42.3 Å². The molecule has 0 spiro atoms. The van der Waals surface area contributed by atoms with Gasteiger partial charge in [-0.15, -0.1) is 0 Å². The molecule has 1 aliphatic heterocycles. The molecule has 1 aromatic heterocycles. The van der Waals surface area contributed by atoms with Crippen LogP contribution >= 0.6 is 11.8 Å². The zero-order valence-corrected chi connectivity index (χ0v) is 21.5. The Morgan fingerprint density at radius 3 is 2.62 bits per heavy atom. The van der Waals surface area contributed by atoms with Crippen LogP contribution in [-0.2, 0) is 14.8 Å². The lowest BCUT2D eigenvalue weighted by Gasteiger charge is -2.31. The molecule has 4 rings (SSSR count).